The molecule has 0 bridgehead atoms. The first-order valence-corrected chi connectivity index (χ1v) is 6.10. The third-order valence-electron chi connectivity index (χ3n) is 2.85. The van der Waals surface area contributed by atoms with E-state index in [2.05, 4.69) is 19.8 Å². The van der Waals surface area contributed by atoms with Crippen molar-refractivity contribution in [3.63, 3.8) is 0 Å². The number of hydrogen-bond donors (Lipinski definition) is 0. The van der Waals surface area contributed by atoms with E-state index in [-0.39, 0.29) is 5.56 Å². The molecule has 0 amide bonds. The van der Waals surface area contributed by atoms with Gasteiger partial charge in [-0.3, -0.25) is 4.68 Å². The highest BCUT2D eigenvalue weighted by Gasteiger charge is 2.38. The van der Waals surface area contributed by atoms with Crippen molar-refractivity contribution in [1.29, 1.82) is 0 Å². The monoisotopic (exact) mass is 312 g/mol. The van der Waals surface area contributed by atoms with Crippen molar-refractivity contribution in [3.8, 4) is 11.4 Å². The number of hydrogen-bond acceptors (Lipinski definition) is 4. The van der Waals surface area contributed by atoms with Crippen LogP contribution in [-0.2, 0) is 12.7 Å². The van der Waals surface area contributed by atoms with Crippen LogP contribution in [0.3, 0.4) is 0 Å². The molecule has 0 fully saturated rings. The van der Waals surface area contributed by atoms with Gasteiger partial charge in [0.15, 0.2) is 0 Å². The molecule has 3 aromatic rings. The molecule has 0 saturated heterocycles. The fourth-order valence-corrected chi connectivity index (χ4v) is 1.87. The summed E-state index contributed by atoms with van der Waals surface area (Å²) in [6.45, 7) is 0.338. The van der Waals surface area contributed by atoms with Crippen LogP contribution in [-0.4, -0.2) is 19.9 Å². The molecule has 22 heavy (non-hydrogen) atoms. The van der Waals surface area contributed by atoms with Crippen LogP contribution in [0.15, 0.2) is 41.2 Å². The van der Waals surface area contributed by atoms with Gasteiger partial charge < -0.3 is 4.52 Å². The van der Waals surface area contributed by atoms with Crippen molar-refractivity contribution in [3.05, 3.63) is 53.9 Å². The van der Waals surface area contributed by atoms with Crippen molar-refractivity contribution in [2.24, 2.45) is 0 Å². The van der Waals surface area contributed by atoms with Crippen molar-refractivity contribution in [1.82, 2.24) is 19.9 Å². The lowest BCUT2D eigenvalue weighted by molar-refractivity contribution is -0.159. The van der Waals surface area contributed by atoms with E-state index >= 15 is 0 Å². The van der Waals surface area contributed by atoms with Crippen LogP contribution in [0.5, 0.6) is 0 Å². The molecule has 0 aliphatic heterocycles. The topological polar surface area (TPSA) is 56.7 Å². The third-order valence-corrected chi connectivity index (χ3v) is 2.85. The van der Waals surface area contributed by atoms with Crippen LogP contribution in [0.25, 0.3) is 11.4 Å². The van der Waals surface area contributed by atoms with Gasteiger partial charge in [0.05, 0.1) is 12.1 Å². The lowest BCUT2D eigenvalue weighted by Crippen LogP contribution is -2.05. The zero-order valence-electron chi connectivity index (χ0n) is 10.9. The molecule has 2 aromatic heterocycles. The molecule has 0 N–H and O–H groups in total. The lowest BCUT2D eigenvalue weighted by atomic mass is 10.1. The molecule has 3 rings (SSSR count). The Morgan fingerprint density at radius 3 is 2.64 bits per heavy atom. The van der Waals surface area contributed by atoms with E-state index in [4.69, 9.17) is 0 Å². The van der Waals surface area contributed by atoms with Gasteiger partial charge in [-0.1, -0.05) is 11.2 Å². The van der Waals surface area contributed by atoms with Crippen LogP contribution < -0.4 is 0 Å². The van der Waals surface area contributed by atoms with Gasteiger partial charge >= 0.3 is 12.1 Å². The molecule has 1 aromatic carbocycles. The summed E-state index contributed by atoms with van der Waals surface area (Å²) in [4.78, 5) is 3.16. The van der Waals surface area contributed by atoms with E-state index in [1.807, 2.05) is 0 Å². The molecule has 2 heterocycles. The maximum absolute atomic E-state index is 14.0. The molecule has 0 saturated carbocycles. The second-order valence-electron chi connectivity index (χ2n) is 4.44. The minimum Gasteiger partial charge on any atom is -0.329 e. The first-order chi connectivity index (χ1) is 10.4. The normalized spacial score (nSPS) is 11.8. The zero-order valence-corrected chi connectivity index (χ0v) is 10.9. The van der Waals surface area contributed by atoms with E-state index in [9.17, 15) is 17.6 Å². The summed E-state index contributed by atoms with van der Waals surface area (Å²) >= 11 is 0. The second-order valence-corrected chi connectivity index (χ2v) is 4.44. The SMILES string of the molecule is Fc1cc(Cn2cccn2)ccc1-c1noc(C(F)(F)F)n1. The minimum absolute atomic E-state index is 0.163. The Morgan fingerprint density at radius 2 is 2.05 bits per heavy atom. The Kier molecular flexibility index (Phi) is 3.39. The highest BCUT2D eigenvalue weighted by molar-refractivity contribution is 5.55. The van der Waals surface area contributed by atoms with E-state index < -0.39 is 23.7 Å². The molecule has 0 aliphatic rings. The number of halogens is 4. The summed E-state index contributed by atoms with van der Waals surface area (Å²) in [6, 6.07) is 5.78. The average molecular weight is 312 g/mol. The van der Waals surface area contributed by atoms with E-state index in [0.717, 1.165) is 0 Å². The standard InChI is InChI=1S/C13H8F4N4O/c14-10-6-8(7-21-5-1-4-18-21)2-3-9(10)11-19-12(22-20-11)13(15,16)17/h1-6H,7H2. The molecule has 0 atom stereocenters. The predicted molar refractivity (Wildman–Crippen MR) is 66.0 cm³/mol. The lowest BCUT2D eigenvalue weighted by Gasteiger charge is -2.04. The smallest absolute Gasteiger partial charge is 0.329 e. The molecule has 0 radical (unpaired) electrons. The summed E-state index contributed by atoms with van der Waals surface area (Å²) in [5.74, 6) is -2.70. The van der Waals surface area contributed by atoms with Crippen LogP contribution >= 0.6 is 0 Å². The second kappa shape index (κ2) is 5.24. The van der Waals surface area contributed by atoms with Crippen LogP contribution in [0.4, 0.5) is 17.6 Å². The molecular formula is C13H8F4N4O. The van der Waals surface area contributed by atoms with E-state index in [0.29, 0.717) is 12.1 Å². The first-order valence-electron chi connectivity index (χ1n) is 6.10. The average Bonchev–Trinajstić information content (AvgIpc) is 3.08. The molecule has 9 heteroatoms. The molecule has 114 valence electrons. The van der Waals surface area contributed by atoms with Crippen molar-refractivity contribution < 1.29 is 22.1 Å². The fourth-order valence-electron chi connectivity index (χ4n) is 1.87. The van der Waals surface area contributed by atoms with Crippen LogP contribution in [0.2, 0.25) is 0 Å². The molecule has 0 unspecified atom stereocenters. The highest BCUT2D eigenvalue weighted by atomic mass is 19.4. The van der Waals surface area contributed by atoms with Crippen LogP contribution in [0, 0.1) is 5.82 Å². The number of nitrogens with zero attached hydrogens (tertiary/aromatic N) is 4. The highest BCUT2D eigenvalue weighted by Crippen LogP contribution is 2.30. The van der Waals surface area contributed by atoms with Crippen molar-refractivity contribution >= 4 is 0 Å². The predicted octanol–water partition coefficient (Wildman–Crippen LogP) is 3.14. The molecule has 5 nitrogen and oxygen atoms in total. The van der Waals surface area contributed by atoms with Gasteiger partial charge in [0.1, 0.15) is 5.82 Å². The minimum atomic E-state index is -4.76. The fraction of sp³-hybridized carbons (Fsp3) is 0.154. The Balaban J connectivity index is 1.87. The number of benzene rings is 1. The molecular weight excluding hydrogens is 304 g/mol. The van der Waals surface area contributed by atoms with Gasteiger partial charge in [0.25, 0.3) is 0 Å². The Bertz CT molecular complexity index is 780. The Labute approximate surface area is 121 Å². The quantitative estimate of drug-likeness (QED) is 0.697. The molecule has 0 aliphatic carbocycles. The zero-order chi connectivity index (χ0) is 15.7. The summed E-state index contributed by atoms with van der Waals surface area (Å²) in [7, 11) is 0. The van der Waals surface area contributed by atoms with E-state index in [1.54, 1.807) is 29.2 Å². The van der Waals surface area contributed by atoms with Gasteiger partial charge in [0.2, 0.25) is 5.82 Å². The van der Waals surface area contributed by atoms with Crippen molar-refractivity contribution in [2.75, 3.05) is 0 Å². The first kappa shape index (κ1) is 14.2. The number of aromatic nitrogens is 4. The van der Waals surface area contributed by atoms with Gasteiger partial charge in [-0.05, 0) is 23.8 Å². The van der Waals surface area contributed by atoms with Crippen molar-refractivity contribution in [2.45, 2.75) is 12.7 Å². The van der Waals surface area contributed by atoms with Crippen LogP contribution in [0.1, 0.15) is 11.5 Å². The number of alkyl halides is 3. The summed E-state index contributed by atoms with van der Waals surface area (Å²) < 4.78 is 56.9. The third kappa shape index (κ3) is 2.83. The van der Waals surface area contributed by atoms with E-state index in [1.165, 1.54) is 12.1 Å². The Hall–Kier alpha value is -2.71. The van der Waals surface area contributed by atoms with Gasteiger partial charge in [-0.15, -0.1) is 0 Å². The Morgan fingerprint density at radius 1 is 1.23 bits per heavy atom. The maximum atomic E-state index is 14.0. The summed E-state index contributed by atoms with van der Waals surface area (Å²) in [5, 5.41) is 7.14. The summed E-state index contributed by atoms with van der Waals surface area (Å²) in [5.41, 5.74) is 0.438. The maximum Gasteiger partial charge on any atom is 0.471 e. The molecule has 0 spiro atoms. The van der Waals surface area contributed by atoms with Gasteiger partial charge in [-0.25, -0.2) is 4.39 Å². The largest absolute Gasteiger partial charge is 0.471 e. The summed E-state index contributed by atoms with van der Waals surface area (Å²) in [6.07, 6.45) is -1.47. The number of rotatable bonds is 3. The van der Waals surface area contributed by atoms with Gasteiger partial charge in [-0.2, -0.15) is 23.3 Å². The van der Waals surface area contributed by atoms with Gasteiger partial charge in [0, 0.05) is 12.4 Å².